The van der Waals surface area contributed by atoms with Gasteiger partial charge in [0, 0.05) is 25.6 Å². The third-order valence-corrected chi connectivity index (χ3v) is 10.8. The molecule has 2 rings (SSSR count). The van der Waals surface area contributed by atoms with Crippen molar-refractivity contribution in [2.45, 2.75) is 89.6 Å². The molecule has 1 aromatic carbocycles. The number of hydrogen-bond donors (Lipinski definition) is 0. The highest BCUT2D eigenvalue weighted by Gasteiger charge is 2.40. The van der Waals surface area contributed by atoms with Crippen LogP contribution >= 0.6 is 0 Å². The van der Waals surface area contributed by atoms with E-state index in [-0.39, 0.29) is 17.0 Å². The van der Waals surface area contributed by atoms with Crippen LogP contribution in [0.4, 0.5) is 0 Å². The zero-order valence-corrected chi connectivity index (χ0v) is 18.5. The molecule has 26 heavy (non-hydrogen) atoms. The Morgan fingerprint density at radius 2 is 1.88 bits per heavy atom. The predicted octanol–water partition coefficient (Wildman–Crippen LogP) is 5.41. The van der Waals surface area contributed by atoms with E-state index in [4.69, 9.17) is 4.43 Å². The molecule has 0 aliphatic carbocycles. The molecule has 2 atom stereocenters. The zero-order chi connectivity index (χ0) is 19.4. The van der Waals surface area contributed by atoms with Gasteiger partial charge in [0.15, 0.2) is 8.32 Å². The van der Waals surface area contributed by atoms with Crippen LogP contribution in [0.3, 0.4) is 0 Å². The topological polar surface area (TPSA) is 29.5 Å². The van der Waals surface area contributed by atoms with Gasteiger partial charge in [-0.1, -0.05) is 51.1 Å². The number of likely N-dealkylation sites (tertiary alicyclic amines) is 1. The molecular formula is C22H37NO2Si. The van der Waals surface area contributed by atoms with Gasteiger partial charge in [0.2, 0.25) is 5.91 Å². The summed E-state index contributed by atoms with van der Waals surface area (Å²) in [6, 6.07) is 11.0. The van der Waals surface area contributed by atoms with Crippen LogP contribution in [0.1, 0.15) is 58.4 Å². The molecule has 146 valence electrons. The van der Waals surface area contributed by atoms with E-state index in [0.29, 0.717) is 12.5 Å². The van der Waals surface area contributed by atoms with Crippen molar-refractivity contribution >= 4 is 14.2 Å². The van der Waals surface area contributed by atoms with Gasteiger partial charge in [-0.2, -0.15) is 0 Å². The van der Waals surface area contributed by atoms with Crippen LogP contribution in [0.5, 0.6) is 0 Å². The van der Waals surface area contributed by atoms with Crippen molar-refractivity contribution in [3.05, 3.63) is 35.9 Å². The van der Waals surface area contributed by atoms with Crippen molar-refractivity contribution in [3.63, 3.8) is 0 Å². The third kappa shape index (κ3) is 5.68. The first-order chi connectivity index (χ1) is 12.1. The molecule has 0 unspecified atom stereocenters. The van der Waals surface area contributed by atoms with Crippen molar-refractivity contribution < 1.29 is 9.22 Å². The lowest BCUT2D eigenvalue weighted by Gasteiger charge is -2.40. The number of carbonyl (C=O) groups is 1. The highest BCUT2D eigenvalue weighted by Crippen LogP contribution is 2.39. The van der Waals surface area contributed by atoms with Crippen molar-refractivity contribution in [3.8, 4) is 0 Å². The molecule has 0 aromatic heterocycles. The molecule has 0 spiro atoms. The maximum atomic E-state index is 11.9. The summed E-state index contributed by atoms with van der Waals surface area (Å²) in [5.41, 5.74) is 1.40. The van der Waals surface area contributed by atoms with Crippen molar-refractivity contribution in [2.24, 2.45) is 0 Å². The molecule has 3 nitrogen and oxygen atoms in total. The van der Waals surface area contributed by atoms with Gasteiger partial charge >= 0.3 is 0 Å². The monoisotopic (exact) mass is 375 g/mol. The number of aryl methyl sites for hydroxylation is 1. The van der Waals surface area contributed by atoms with Crippen LogP contribution in [0.15, 0.2) is 30.3 Å². The zero-order valence-electron chi connectivity index (χ0n) is 17.5. The van der Waals surface area contributed by atoms with Crippen LogP contribution in [0, 0.1) is 0 Å². The highest BCUT2D eigenvalue weighted by molar-refractivity contribution is 6.74. The maximum absolute atomic E-state index is 11.9. The Morgan fingerprint density at radius 3 is 2.42 bits per heavy atom. The quantitative estimate of drug-likeness (QED) is 0.569. The van der Waals surface area contributed by atoms with Gasteiger partial charge in [0.25, 0.3) is 0 Å². The van der Waals surface area contributed by atoms with Gasteiger partial charge in [-0.25, -0.2) is 0 Å². The molecule has 1 heterocycles. The normalized spacial score (nSPS) is 19.8. The average molecular weight is 376 g/mol. The fourth-order valence-electron chi connectivity index (χ4n) is 3.44. The molecule has 1 fully saturated rings. The lowest BCUT2D eigenvalue weighted by atomic mass is 10.0. The van der Waals surface area contributed by atoms with Crippen LogP contribution in [0.2, 0.25) is 18.1 Å². The summed E-state index contributed by atoms with van der Waals surface area (Å²) < 4.78 is 6.79. The van der Waals surface area contributed by atoms with E-state index < -0.39 is 8.32 Å². The average Bonchev–Trinajstić information content (AvgIpc) is 2.86. The molecule has 4 heteroatoms. The highest BCUT2D eigenvalue weighted by atomic mass is 28.4. The van der Waals surface area contributed by atoms with Gasteiger partial charge in [0.1, 0.15) is 0 Å². The Balaban J connectivity index is 1.99. The summed E-state index contributed by atoms with van der Waals surface area (Å²) in [5.74, 6) is 0.283. The number of nitrogens with zero attached hydrogens (tertiary/aromatic N) is 1. The third-order valence-electron chi connectivity index (χ3n) is 6.27. The van der Waals surface area contributed by atoms with E-state index >= 15 is 0 Å². The number of rotatable bonds is 8. The van der Waals surface area contributed by atoms with Crippen LogP contribution in [-0.4, -0.2) is 38.3 Å². The molecule has 0 radical (unpaired) electrons. The van der Waals surface area contributed by atoms with E-state index in [1.165, 1.54) is 5.56 Å². The fourth-order valence-corrected chi connectivity index (χ4v) is 4.84. The first kappa shape index (κ1) is 21.2. The number of benzene rings is 1. The minimum atomic E-state index is -1.81. The summed E-state index contributed by atoms with van der Waals surface area (Å²) in [7, 11) is 0.140. The van der Waals surface area contributed by atoms with E-state index in [0.717, 1.165) is 32.1 Å². The molecule has 1 aliphatic heterocycles. The van der Waals surface area contributed by atoms with E-state index in [1.807, 2.05) is 11.9 Å². The van der Waals surface area contributed by atoms with Crippen LogP contribution in [0.25, 0.3) is 0 Å². The second-order valence-corrected chi connectivity index (χ2v) is 14.1. The van der Waals surface area contributed by atoms with Crippen LogP contribution in [-0.2, 0) is 15.6 Å². The van der Waals surface area contributed by atoms with Gasteiger partial charge < -0.3 is 9.33 Å². The molecular weight excluding hydrogens is 338 g/mol. The largest absolute Gasteiger partial charge is 0.414 e. The number of hydrogen-bond acceptors (Lipinski definition) is 2. The van der Waals surface area contributed by atoms with Crippen molar-refractivity contribution in [1.29, 1.82) is 0 Å². The second kappa shape index (κ2) is 8.70. The molecule has 0 saturated carbocycles. The lowest BCUT2D eigenvalue weighted by Crippen LogP contribution is -2.45. The second-order valence-electron chi connectivity index (χ2n) is 9.31. The van der Waals surface area contributed by atoms with E-state index in [9.17, 15) is 4.79 Å². The lowest BCUT2D eigenvalue weighted by molar-refractivity contribution is -0.127. The van der Waals surface area contributed by atoms with Gasteiger partial charge in [-0.05, 0) is 55.8 Å². The standard InChI is InChI=1S/C22H37NO2Si/c1-22(2,3)26(5,6)25-20(17-19-15-16-21(24)23(19)4)14-10-13-18-11-8-7-9-12-18/h7-9,11-12,19-20H,10,13-17H2,1-6H3/t19-,20+/m0/s1. The number of carbonyl (C=O) groups excluding carboxylic acids is 1. The Bertz CT molecular complexity index is 580. The first-order valence-corrected chi connectivity index (χ1v) is 13.0. The summed E-state index contributed by atoms with van der Waals surface area (Å²) in [6.07, 6.45) is 6.19. The van der Waals surface area contributed by atoms with E-state index in [1.54, 1.807) is 0 Å². The van der Waals surface area contributed by atoms with Gasteiger partial charge in [-0.15, -0.1) is 0 Å². The number of amides is 1. The summed E-state index contributed by atoms with van der Waals surface area (Å²) in [5, 5.41) is 0.210. The summed E-state index contributed by atoms with van der Waals surface area (Å²) >= 11 is 0. The molecule has 1 amide bonds. The molecule has 1 aliphatic rings. The Morgan fingerprint density at radius 1 is 1.23 bits per heavy atom. The summed E-state index contributed by atoms with van der Waals surface area (Å²) in [4.78, 5) is 13.8. The Labute approximate surface area is 161 Å². The van der Waals surface area contributed by atoms with Crippen LogP contribution < -0.4 is 0 Å². The smallest absolute Gasteiger partial charge is 0.222 e. The minimum Gasteiger partial charge on any atom is -0.414 e. The maximum Gasteiger partial charge on any atom is 0.222 e. The van der Waals surface area contributed by atoms with Gasteiger partial charge in [0.05, 0.1) is 0 Å². The van der Waals surface area contributed by atoms with Gasteiger partial charge in [-0.3, -0.25) is 4.79 Å². The molecule has 1 saturated heterocycles. The fraction of sp³-hybridized carbons (Fsp3) is 0.682. The van der Waals surface area contributed by atoms with Crippen molar-refractivity contribution in [2.75, 3.05) is 7.05 Å². The molecule has 0 N–H and O–H groups in total. The predicted molar refractivity (Wildman–Crippen MR) is 112 cm³/mol. The minimum absolute atomic E-state index is 0.210. The van der Waals surface area contributed by atoms with Crippen molar-refractivity contribution in [1.82, 2.24) is 4.90 Å². The summed E-state index contributed by atoms with van der Waals surface area (Å²) in [6.45, 7) is 11.6. The Kier molecular flexibility index (Phi) is 7.09. The molecule has 1 aromatic rings. The SMILES string of the molecule is CN1C(=O)CC[C@H]1C[C@@H](CCCc1ccccc1)O[Si](C)(C)C(C)(C)C. The first-order valence-electron chi connectivity index (χ1n) is 10.1. The van der Waals surface area contributed by atoms with E-state index in [2.05, 4.69) is 64.2 Å². The molecule has 0 bridgehead atoms. The Hall–Kier alpha value is -1.13.